The van der Waals surface area contributed by atoms with Gasteiger partial charge < -0.3 is 15.1 Å². The van der Waals surface area contributed by atoms with Crippen molar-refractivity contribution >= 4 is 22.3 Å². The van der Waals surface area contributed by atoms with Crippen LogP contribution in [0.5, 0.6) is 0 Å². The Balaban J connectivity index is 1.32. The molecule has 0 unspecified atom stereocenters. The fraction of sp³-hybridized carbons (Fsp3) is 0.867. The molecule has 3 amide bonds. The first kappa shape index (κ1) is 18.0. The summed E-state index contributed by atoms with van der Waals surface area (Å²) in [5.74, 6) is -0.197. The normalized spacial score (nSPS) is 31.1. The number of urea groups is 1. The zero-order chi connectivity index (χ0) is 18.7. The van der Waals surface area contributed by atoms with Crippen LogP contribution in [0, 0.1) is 5.41 Å². The highest BCUT2D eigenvalue weighted by molar-refractivity contribution is 7.80. The van der Waals surface area contributed by atoms with Crippen LogP contribution in [0.15, 0.2) is 0 Å². The summed E-state index contributed by atoms with van der Waals surface area (Å²) < 4.78 is 35.0. The maximum absolute atomic E-state index is 12.6. The van der Waals surface area contributed by atoms with E-state index in [1.54, 1.807) is 0 Å². The molecule has 26 heavy (non-hydrogen) atoms. The van der Waals surface area contributed by atoms with E-state index in [4.69, 9.17) is 4.55 Å². The van der Waals surface area contributed by atoms with E-state index in [0.717, 1.165) is 32.5 Å². The van der Waals surface area contributed by atoms with E-state index < -0.39 is 28.5 Å². The summed E-state index contributed by atoms with van der Waals surface area (Å²) in [4.78, 5) is 28.7. The van der Waals surface area contributed by atoms with Crippen molar-refractivity contribution in [3.8, 4) is 0 Å². The lowest BCUT2D eigenvalue weighted by molar-refractivity contribution is -0.131. The molecule has 1 saturated carbocycles. The molecule has 146 valence electrons. The molecule has 0 aromatic heterocycles. The fourth-order valence-electron chi connectivity index (χ4n) is 4.87. The van der Waals surface area contributed by atoms with E-state index in [2.05, 4.69) is 21.4 Å². The number of hydroxylamine groups is 2. The van der Waals surface area contributed by atoms with Crippen LogP contribution in [0.1, 0.15) is 32.6 Å². The Morgan fingerprint density at radius 1 is 1.35 bits per heavy atom. The van der Waals surface area contributed by atoms with Crippen LogP contribution in [-0.2, 0) is 19.5 Å². The molecule has 3 heterocycles. The molecule has 4 fully saturated rings. The van der Waals surface area contributed by atoms with E-state index in [9.17, 15) is 18.0 Å². The molecule has 0 aromatic rings. The van der Waals surface area contributed by atoms with Crippen molar-refractivity contribution in [1.29, 1.82) is 0 Å². The van der Waals surface area contributed by atoms with E-state index in [0.29, 0.717) is 23.3 Å². The van der Waals surface area contributed by atoms with Gasteiger partial charge in [-0.2, -0.15) is 13.5 Å². The highest BCUT2D eigenvalue weighted by Crippen LogP contribution is 2.48. The SMILES string of the molecule is CCN1CC2(CC(NC(=O)[C@@H]3CC[C@@H]4CN3C(=O)N4OS(=O)(=O)O)C2)C1. The third-order valence-corrected chi connectivity index (χ3v) is 6.42. The number of piperidine rings is 1. The number of hydrogen-bond acceptors (Lipinski definition) is 6. The number of hydrogen-bond donors (Lipinski definition) is 2. The third-order valence-electron chi connectivity index (χ3n) is 6.07. The number of nitrogens with one attached hydrogen (secondary N) is 1. The Morgan fingerprint density at radius 3 is 2.65 bits per heavy atom. The summed E-state index contributed by atoms with van der Waals surface area (Å²) >= 11 is 0. The minimum absolute atomic E-state index is 0.141. The number of rotatable bonds is 5. The number of carbonyl (C=O) groups excluding carboxylic acids is 2. The highest BCUT2D eigenvalue weighted by atomic mass is 32.3. The number of amides is 3. The first-order valence-electron chi connectivity index (χ1n) is 8.99. The molecule has 2 atom stereocenters. The van der Waals surface area contributed by atoms with Crippen molar-refractivity contribution in [2.75, 3.05) is 26.2 Å². The molecule has 1 aliphatic carbocycles. The van der Waals surface area contributed by atoms with Gasteiger partial charge in [-0.05, 0) is 37.6 Å². The Morgan fingerprint density at radius 2 is 2.04 bits per heavy atom. The number of carbonyl (C=O) groups is 2. The van der Waals surface area contributed by atoms with E-state index in [1.807, 2.05) is 0 Å². The summed E-state index contributed by atoms with van der Waals surface area (Å²) in [6.45, 7) is 5.60. The van der Waals surface area contributed by atoms with Gasteiger partial charge in [-0.3, -0.25) is 9.35 Å². The molecule has 2 N–H and O–H groups in total. The van der Waals surface area contributed by atoms with Crippen LogP contribution in [0.2, 0.25) is 0 Å². The summed E-state index contributed by atoms with van der Waals surface area (Å²) in [7, 11) is -4.77. The Kier molecular flexibility index (Phi) is 4.17. The van der Waals surface area contributed by atoms with Gasteiger partial charge in [0.25, 0.3) is 0 Å². The average molecular weight is 388 g/mol. The molecule has 2 bridgehead atoms. The molecule has 10 nitrogen and oxygen atoms in total. The summed E-state index contributed by atoms with van der Waals surface area (Å²) in [5.41, 5.74) is 0.356. The lowest BCUT2D eigenvalue weighted by Gasteiger charge is -2.59. The molecule has 3 aliphatic heterocycles. The third kappa shape index (κ3) is 3.06. The predicted molar refractivity (Wildman–Crippen MR) is 89.1 cm³/mol. The van der Waals surface area contributed by atoms with Crippen molar-refractivity contribution in [2.45, 2.75) is 50.7 Å². The maximum atomic E-state index is 12.6. The minimum atomic E-state index is -4.77. The monoisotopic (exact) mass is 388 g/mol. The summed E-state index contributed by atoms with van der Waals surface area (Å²) in [5, 5.41) is 3.69. The molecule has 4 aliphatic rings. The smallest absolute Gasteiger partial charge is 0.352 e. The Hall–Kier alpha value is -1.43. The van der Waals surface area contributed by atoms with Crippen molar-refractivity contribution in [1.82, 2.24) is 20.2 Å². The van der Waals surface area contributed by atoms with E-state index >= 15 is 0 Å². The van der Waals surface area contributed by atoms with Gasteiger partial charge in [0.1, 0.15) is 6.04 Å². The van der Waals surface area contributed by atoms with Crippen molar-refractivity contribution in [3.05, 3.63) is 0 Å². The van der Waals surface area contributed by atoms with Crippen molar-refractivity contribution < 1.29 is 26.8 Å². The zero-order valence-corrected chi connectivity index (χ0v) is 15.4. The average Bonchev–Trinajstić information content (AvgIpc) is 2.72. The molecular weight excluding hydrogens is 364 g/mol. The summed E-state index contributed by atoms with van der Waals surface area (Å²) in [6.07, 6.45) is 2.82. The van der Waals surface area contributed by atoms with Gasteiger partial charge in [0, 0.05) is 25.7 Å². The quantitative estimate of drug-likeness (QED) is 0.615. The van der Waals surface area contributed by atoms with E-state index in [1.165, 1.54) is 4.90 Å². The first-order chi connectivity index (χ1) is 12.2. The van der Waals surface area contributed by atoms with Crippen LogP contribution in [-0.4, -0.2) is 84.1 Å². The highest BCUT2D eigenvalue weighted by Gasteiger charge is 2.53. The van der Waals surface area contributed by atoms with Gasteiger partial charge in [0.15, 0.2) is 0 Å². The van der Waals surface area contributed by atoms with Crippen molar-refractivity contribution in [2.24, 2.45) is 5.41 Å². The Bertz CT molecular complexity index is 714. The van der Waals surface area contributed by atoms with Crippen LogP contribution in [0.3, 0.4) is 0 Å². The maximum Gasteiger partial charge on any atom is 0.418 e. The van der Waals surface area contributed by atoms with Gasteiger partial charge >= 0.3 is 16.4 Å². The first-order valence-corrected chi connectivity index (χ1v) is 10.4. The molecule has 0 aromatic carbocycles. The number of nitrogens with zero attached hydrogens (tertiary/aromatic N) is 3. The van der Waals surface area contributed by atoms with Gasteiger partial charge in [-0.15, -0.1) is 4.28 Å². The lowest BCUT2D eigenvalue weighted by atomic mass is 9.60. The van der Waals surface area contributed by atoms with Crippen LogP contribution < -0.4 is 5.32 Å². The lowest BCUT2D eigenvalue weighted by Crippen LogP contribution is -2.67. The second-order valence-corrected chi connectivity index (χ2v) is 8.93. The van der Waals surface area contributed by atoms with Gasteiger partial charge in [0.2, 0.25) is 5.91 Å². The molecule has 4 rings (SSSR count). The van der Waals surface area contributed by atoms with Crippen LogP contribution in [0.4, 0.5) is 4.79 Å². The van der Waals surface area contributed by atoms with Gasteiger partial charge in [0.05, 0.1) is 6.04 Å². The molecule has 11 heteroatoms. The summed E-state index contributed by atoms with van der Waals surface area (Å²) in [6, 6.07) is -1.66. The van der Waals surface area contributed by atoms with E-state index in [-0.39, 0.29) is 18.5 Å². The second-order valence-electron chi connectivity index (χ2n) is 7.93. The van der Waals surface area contributed by atoms with Gasteiger partial charge in [-0.1, -0.05) is 6.92 Å². The van der Waals surface area contributed by atoms with Crippen molar-refractivity contribution in [3.63, 3.8) is 0 Å². The predicted octanol–water partition coefficient (Wildman–Crippen LogP) is -0.410. The largest absolute Gasteiger partial charge is 0.418 e. The topological polar surface area (TPSA) is 119 Å². The fourth-order valence-corrected chi connectivity index (χ4v) is 5.26. The number of fused-ring (bicyclic) bond motifs is 2. The molecular formula is C15H24N4O6S. The molecule has 0 radical (unpaired) electrons. The number of likely N-dealkylation sites (tertiary alicyclic amines) is 1. The Labute approximate surface area is 152 Å². The zero-order valence-electron chi connectivity index (χ0n) is 14.6. The van der Waals surface area contributed by atoms with Crippen LogP contribution >= 0.6 is 0 Å². The molecule has 3 saturated heterocycles. The van der Waals surface area contributed by atoms with Gasteiger partial charge in [-0.25, -0.2) is 4.79 Å². The van der Waals surface area contributed by atoms with Crippen LogP contribution in [0.25, 0.3) is 0 Å². The molecule has 1 spiro atoms. The second kappa shape index (κ2) is 6.04. The standard InChI is InChI=1S/C15H24N4O6S/c1-2-17-8-15(9-17)5-10(6-15)16-13(20)12-4-3-11-7-18(12)14(21)19(11)25-26(22,23)24/h10-12H,2-9H2,1H3,(H,16,20)(H,22,23,24)/t11-,12+/m1/s1. The minimum Gasteiger partial charge on any atom is -0.352 e.